The van der Waals surface area contributed by atoms with E-state index in [9.17, 15) is 4.79 Å². The summed E-state index contributed by atoms with van der Waals surface area (Å²) in [6.07, 6.45) is 7.11. The maximum absolute atomic E-state index is 12.0. The highest BCUT2D eigenvalue weighted by Gasteiger charge is 2.05. The van der Waals surface area contributed by atoms with Crippen LogP contribution >= 0.6 is 0 Å². The van der Waals surface area contributed by atoms with Crippen LogP contribution in [0.2, 0.25) is 0 Å². The lowest BCUT2D eigenvalue weighted by atomic mass is 10.2. The van der Waals surface area contributed by atoms with Crippen LogP contribution in [-0.4, -0.2) is 22.4 Å². The van der Waals surface area contributed by atoms with Gasteiger partial charge in [-0.2, -0.15) is 0 Å². The monoisotopic (exact) mass is 321 g/mol. The minimum Gasteiger partial charge on any atom is -0.496 e. The topological polar surface area (TPSA) is 55.6 Å². The summed E-state index contributed by atoms with van der Waals surface area (Å²) < 4.78 is 7.22. The smallest absolute Gasteiger partial charge is 0.244 e. The predicted octanol–water partition coefficient (Wildman–Crippen LogP) is 2.98. The molecule has 1 aromatic carbocycles. The molecule has 2 aromatic heterocycles. The van der Waals surface area contributed by atoms with Crippen molar-refractivity contribution in [2.75, 3.05) is 7.11 Å². The number of nitrogens with one attached hydrogen (secondary N) is 1. The Morgan fingerprint density at radius 3 is 2.92 bits per heavy atom. The lowest BCUT2D eigenvalue weighted by Gasteiger charge is -2.03. The number of methoxy groups -OCH3 is 1. The Balaban J connectivity index is 1.64. The molecule has 1 N–H and O–H groups in total. The summed E-state index contributed by atoms with van der Waals surface area (Å²) in [5.41, 5.74) is 3.69. The van der Waals surface area contributed by atoms with E-state index in [4.69, 9.17) is 4.74 Å². The van der Waals surface area contributed by atoms with Crippen LogP contribution in [0.25, 0.3) is 11.7 Å². The summed E-state index contributed by atoms with van der Waals surface area (Å²) in [6.45, 7) is 2.40. The Bertz CT molecular complexity index is 897. The van der Waals surface area contributed by atoms with Gasteiger partial charge in [0.25, 0.3) is 0 Å². The van der Waals surface area contributed by atoms with Crippen molar-refractivity contribution in [3.05, 3.63) is 71.7 Å². The fourth-order valence-electron chi connectivity index (χ4n) is 2.50. The number of carbonyl (C=O) groups is 1. The number of nitrogens with zero attached hydrogens (tertiary/aromatic N) is 2. The van der Waals surface area contributed by atoms with Crippen molar-refractivity contribution in [2.45, 2.75) is 13.5 Å². The summed E-state index contributed by atoms with van der Waals surface area (Å²) in [5, 5.41) is 2.84. The van der Waals surface area contributed by atoms with E-state index >= 15 is 0 Å². The van der Waals surface area contributed by atoms with Gasteiger partial charge in [0.05, 0.1) is 19.3 Å². The summed E-state index contributed by atoms with van der Waals surface area (Å²) >= 11 is 0. The fraction of sp³-hybridized carbons (Fsp3) is 0.158. The van der Waals surface area contributed by atoms with Crippen LogP contribution in [0.1, 0.15) is 16.8 Å². The number of amides is 1. The molecule has 122 valence electrons. The Morgan fingerprint density at radius 1 is 1.29 bits per heavy atom. The Morgan fingerprint density at radius 2 is 2.12 bits per heavy atom. The number of hydrogen-bond acceptors (Lipinski definition) is 3. The molecule has 0 bridgehead atoms. The molecule has 5 nitrogen and oxygen atoms in total. The first-order valence-electron chi connectivity index (χ1n) is 7.69. The predicted molar refractivity (Wildman–Crippen MR) is 93.8 cm³/mol. The Labute approximate surface area is 140 Å². The maximum Gasteiger partial charge on any atom is 0.244 e. The highest BCUT2D eigenvalue weighted by molar-refractivity contribution is 5.92. The number of pyridine rings is 1. The molecule has 0 fully saturated rings. The van der Waals surface area contributed by atoms with E-state index in [0.717, 1.165) is 28.2 Å². The third-order valence-corrected chi connectivity index (χ3v) is 3.72. The Hall–Kier alpha value is -3.08. The summed E-state index contributed by atoms with van der Waals surface area (Å²) in [4.78, 5) is 16.5. The summed E-state index contributed by atoms with van der Waals surface area (Å²) in [6, 6.07) is 11.5. The standard InChI is InChI=1S/C19H19N3O2/c1-14-6-5-11-22-13-16(21-19(14)22)12-20-18(23)10-9-15-7-3-4-8-17(15)24-2/h3-11,13H,12H2,1-2H3,(H,20,23). The molecule has 0 aliphatic carbocycles. The van der Waals surface area contributed by atoms with Crippen molar-refractivity contribution in [1.82, 2.24) is 14.7 Å². The Kier molecular flexibility index (Phi) is 4.61. The summed E-state index contributed by atoms with van der Waals surface area (Å²) in [5.74, 6) is 0.562. The lowest BCUT2D eigenvalue weighted by Crippen LogP contribution is -2.20. The lowest BCUT2D eigenvalue weighted by molar-refractivity contribution is -0.116. The second-order valence-corrected chi connectivity index (χ2v) is 5.45. The van der Waals surface area contributed by atoms with Crippen LogP contribution in [-0.2, 0) is 11.3 Å². The van der Waals surface area contributed by atoms with Gasteiger partial charge in [0.1, 0.15) is 11.4 Å². The van der Waals surface area contributed by atoms with E-state index in [1.165, 1.54) is 6.08 Å². The molecule has 0 aliphatic rings. The fourth-order valence-corrected chi connectivity index (χ4v) is 2.50. The van der Waals surface area contributed by atoms with Crippen molar-refractivity contribution >= 4 is 17.6 Å². The number of fused-ring (bicyclic) bond motifs is 1. The largest absolute Gasteiger partial charge is 0.496 e. The number of imidazole rings is 1. The third kappa shape index (κ3) is 3.46. The second kappa shape index (κ2) is 7.00. The van der Waals surface area contributed by atoms with E-state index in [-0.39, 0.29) is 5.91 Å². The average Bonchev–Trinajstić information content (AvgIpc) is 3.03. The van der Waals surface area contributed by atoms with Gasteiger partial charge < -0.3 is 14.5 Å². The molecular weight excluding hydrogens is 302 g/mol. The maximum atomic E-state index is 12.0. The molecule has 3 aromatic rings. The van der Waals surface area contributed by atoms with Gasteiger partial charge in [-0.05, 0) is 30.7 Å². The second-order valence-electron chi connectivity index (χ2n) is 5.45. The van der Waals surface area contributed by atoms with E-state index in [0.29, 0.717) is 6.54 Å². The first-order chi connectivity index (χ1) is 11.7. The SMILES string of the molecule is COc1ccccc1C=CC(=O)NCc1cn2cccc(C)c2n1. The molecule has 0 spiro atoms. The quantitative estimate of drug-likeness (QED) is 0.735. The zero-order valence-electron chi connectivity index (χ0n) is 13.7. The van der Waals surface area contributed by atoms with Crippen molar-refractivity contribution in [2.24, 2.45) is 0 Å². The van der Waals surface area contributed by atoms with Crippen LogP contribution in [0, 0.1) is 6.92 Å². The van der Waals surface area contributed by atoms with Gasteiger partial charge in [0, 0.05) is 24.0 Å². The minimum absolute atomic E-state index is 0.172. The number of aryl methyl sites for hydroxylation is 1. The highest BCUT2D eigenvalue weighted by Crippen LogP contribution is 2.18. The first-order valence-corrected chi connectivity index (χ1v) is 7.69. The molecule has 0 radical (unpaired) electrons. The average molecular weight is 321 g/mol. The number of benzene rings is 1. The zero-order chi connectivity index (χ0) is 16.9. The van der Waals surface area contributed by atoms with E-state index in [1.807, 2.05) is 60.1 Å². The van der Waals surface area contributed by atoms with E-state index < -0.39 is 0 Å². The molecule has 3 rings (SSSR count). The van der Waals surface area contributed by atoms with Crippen LogP contribution in [0.3, 0.4) is 0 Å². The van der Waals surface area contributed by atoms with Gasteiger partial charge in [-0.3, -0.25) is 4.79 Å². The third-order valence-electron chi connectivity index (χ3n) is 3.72. The molecule has 0 atom stereocenters. The highest BCUT2D eigenvalue weighted by atomic mass is 16.5. The molecule has 0 saturated heterocycles. The van der Waals surface area contributed by atoms with E-state index in [1.54, 1.807) is 13.2 Å². The minimum atomic E-state index is -0.172. The number of carbonyl (C=O) groups excluding carboxylic acids is 1. The van der Waals surface area contributed by atoms with Crippen molar-refractivity contribution in [3.63, 3.8) is 0 Å². The molecule has 0 saturated carbocycles. The van der Waals surface area contributed by atoms with Crippen LogP contribution < -0.4 is 10.1 Å². The van der Waals surface area contributed by atoms with Gasteiger partial charge in [-0.1, -0.05) is 24.3 Å². The number of para-hydroxylation sites is 1. The molecular formula is C19H19N3O2. The number of hydrogen-bond donors (Lipinski definition) is 1. The van der Waals surface area contributed by atoms with Crippen molar-refractivity contribution < 1.29 is 9.53 Å². The van der Waals surface area contributed by atoms with Gasteiger partial charge in [0.2, 0.25) is 5.91 Å². The van der Waals surface area contributed by atoms with Crippen LogP contribution in [0.4, 0.5) is 0 Å². The first kappa shape index (κ1) is 15.8. The van der Waals surface area contributed by atoms with Gasteiger partial charge in [0.15, 0.2) is 0 Å². The van der Waals surface area contributed by atoms with Gasteiger partial charge in [-0.25, -0.2) is 4.98 Å². The number of rotatable bonds is 5. The van der Waals surface area contributed by atoms with Gasteiger partial charge >= 0.3 is 0 Å². The molecule has 0 unspecified atom stereocenters. The van der Waals surface area contributed by atoms with Crippen LogP contribution in [0.15, 0.2) is 54.9 Å². The molecule has 0 aliphatic heterocycles. The number of ether oxygens (including phenoxy) is 1. The molecule has 5 heteroatoms. The van der Waals surface area contributed by atoms with Crippen molar-refractivity contribution in [3.8, 4) is 5.75 Å². The normalized spacial score (nSPS) is 11.1. The molecule has 2 heterocycles. The molecule has 1 amide bonds. The number of aromatic nitrogens is 2. The zero-order valence-corrected chi connectivity index (χ0v) is 13.7. The van der Waals surface area contributed by atoms with Crippen molar-refractivity contribution in [1.29, 1.82) is 0 Å². The van der Waals surface area contributed by atoms with Gasteiger partial charge in [-0.15, -0.1) is 0 Å². The van der Waals surface area contributed by atoms with E-state index in [2.05, 4.69) is 10.3 Å². The summed E-state index contributed by atoms with van der Waals surface area (Å²) in [7, 11) is 1.61. The van der Waals surface area contributed by atoms with Crippen LogP contribution in [0.5, 0.6) is 5.75 Å². The molecule has 24 heavy (non-hydrogen) atoms.